The second-order valence-electron chi connectivity index (χ2n) is 8.68. The zero-order chi connectivity index (χ0) is 20.6. The predicted octanol–water partition coefficient (Wildman–Crippen LogP) is 3.03. The van der Waals surface area contributed by atoms with Gasteiger partial charge in [0.05, 0.1) is 7.11 Å². The Morgan fingerprint density at radius 1 is 1.21 bits per heavy atom. The van der Waals surface area contributed by atoms with Gasteiger partial charge in [0.25, 0.3) is 0 Å². The second kappa shape index (κ2) is 7.40. The van der Waals surface area contributed by atoms with Gasteiger partial charge in [-0.3, -0.25) is 0 Å². The number of benzene rings is 1. The Morgan fingerprint density at radius 3 is 2.36 bits per heavy atom. The molecule has 2 fully saturated rings. The topological polar surface area (TPSA) is 84.9 Å². The van der Waals surface area contributed by atoms with Crippen LogP contribution in [0.5, 0.6) is 5.75 Å². The van der Waals surface area contributed by atoms with Gasteiger partial charge in [-0.1, -0.05) is 17.7 Å². The number of allylic oxidation sites excluding steroid dienone is 1. The third kappa shape index (κ3) is 5.05. The summed E-state index contributed by atoms with van der Waals surface area (Å²) in [5, 5.41) is 1.33. The third-order valence-corrected chi connectivity index (χ3v) is 6.06. The summed E-state index contributed by atoms with van der Waals surface area (Å²) in [6.45, 7) is 7.00. The summed E-state index contributed by atoms with van der Waals surface area (Å²) < 4.78 is 37.6. The van der Waals surface area contributed by atoms with E-state index in [2.05, 4.69) is 4.72 Å². The molecule has 0 radical (unpaired) electrons. The molecule has 0 aromatic heterocycles. The number of hydrogen-bond acceptors (Lipinski definition) is 5. The largest absolute Gasteiger partial charge is 0.497 e. The maximum Gasteiger partial charge on any atom is 0.410 e. The van der Waals surface area contributed by atoms with Crippen LogP contribution in [0, 0.1) is 5.41 Å². The number of likely N-dealkylation sites (tertiary alicyclic amines) is 1. The number of sulfonamides is 1. The van der Waals surface area contributed by atoms with Gasteiger partial charge in [0.1, 0.15) is 11.4 Å². The molecule has 28 heavy (non-hydrogen) atoms. The molecule has 3 rings (SSSR count). The van der Waals surface area contributed by atoms with Gasteiger partial charge in [-0.2, -0.15) is 0 Å². The standard InChI is InChI=1S/C20H28N2O5S/c1-19(2,3)27-18(23)22-13-20(14-22)9-16(10-20)12-28(24,25)21-11-15-5-7-17(26-4)8-6-15/h5-8,12,21H,9-11,13-14H2,1-4H3. The van der Waals surface area contributed by atoms with Crippen molar-refractivity contribution in [1.82, 2.24) is 9.62 Å². The number of methoxy groups -OCH3 is 1. The van der Waals surface area contributed by atoms with E-state index in [-0.39, 0.29) is 18.1 Å². The Bertz CT molecular complexity index is 853. The smallest absolute Gasteiger partial charge is 0.410 e. The molecule has 0 bridgehead atoms. The number of nitrogens with one attached hydrogen (secondary N) is 1. The summed E-state index contributed by atoms with van der Waals surface area (Å²) in [5.41, 5.74) is 1.27. The first-order valence-corrected chi connectivity index (χ1v) is 10.8. The van der Waals surface area contributed by atoms with E-state index in [1.165, 1.54) is 5.41 Å². The Kier molecular flexibility index (Phi) is 5.46. The molecule has 8 heteroatoms. The first kappa shape index (κ1) is 20.7. The van der Waals surface area contributed by atoms with Crippen LogP contribution in [-0.4, -0.2) is 45.2 Å². The van der Waals surface area contributed by atoms with Gasteiger partial charge >= 0.3 is 6.09 Å². The number of ether oxygens (including phenoxy) is 2. The molecule has 1 saturated heterocycles. The molecule has 1 N–H and O–H groups in total. The van der Waals surface area contributed by atoms with Crippen molar-refractivity contribution < 1.29 is 22.7 Å². The Balaban J connectivity index is 1.46. The molecule has 1 saturated carbocycles. The first-order valence-electron chi connectivity index (χ1n) is 9.29. The summed E-state index contributed by atoms with van der Waals surface area (Å²) in [7, 11) is -1.90. The SMILES string of the molecule is COc1ccc(CNS(=O)(=O)C=C2CC3(C2)CN(C(=O)OC(C)(C)C)C3)cc1. The van der Waals surface area contributed by atoms with Crippen LogP contribution in [0.4, 0.5) is 4.79 Å². The maximum absolute atomic E-state index is 12.3. The van der Waals surface area contributed by atoms with Crippen molar-refractivity contribution in [1.29, 1.82) is 0 Å². The molecule has 1 aromatic carbocycles. The minimum Gasteiger partial charge on any atom is -0.497 e. The van der Waals surface area contributed by atoms with E-state index in [1.807, 2.05) is 32.9 Å². The zero-order valence-corrected chi connectivity index (χ0v) is 17.6. The van der Waals surface area contributed by atoms with Crippen molar-refractivity contribution in [2.75, 3.05) is 20.2 Å². The molecule has 0 unspecified atom stereocenters. The van der Waals surface area contributed by atoms with Crippen LogP contribution in [-0.2, 0) is 21.3 Å². The van der Waals surface area contributed by atoms with Gasteiger partial charge in [-0.15, -0.1) is 0 Å². The quantitative estimate of drug-likeness (QED) is 0.809. The lowest BCUT2D eigenvalue weighted by atomic mass is 9.61. The van der Waals surface area contributed by atoms with E-state index < -0.39 is 15.6 Å². The van der Waals surface area contributed by atoms with Gasteiger partial charge in [0.2, 0.25) is 10.0 Å². The average molecular weight is 409 g/mol. The van der Waals surface area contributed by atoms with Crippen LogP contribution in [0.2, 0.25) is 0 Å². The van der Waals surface area contributed by atoms with Crippen molar-refractivity contribution in [2.24, 2.45) is 5.41 Å². The highest BCUT2D eigenvalue weighted by molar-refractivity contribution is 7.92. The molecule has 1 aliphatic heterocycles. The normalized spacial score (nSPS) is 18.3. The molecule has 2 aliphatic rings. The van der Waals surface area contributed by atoms with Crippen LogP contribution in [0.25, 0.3) is 0 Å². The summed E-state index contributed by atoms with van der Waals surface area (Å²) in [4.78, 5) is 13.7. The third-order valence-electron chi connectivity index (χ3n) is 4.87. The number of rotatable bonds is 5. The summed E-state index contributed by atoms with van der Waals surface area (Å²) in [6.07, 6.45) is 1.11. The molecule has 0 atom stereocenters. The predicted molar refractivity (Wildman–Crippen MR) is 106 cm³/mol. The molecule has 1 aromatic rings. The summed E-state index contributed by atoms with van der Waals surface area (Å²) >= 11 is 0. The van der Waals surface area contributed by atoms with E-state index in [1.54, 1.807) is 24.1 Å². The van der Waals surface area contributed by atoms with Crippen LogP contribution < -0.4 is 9.46 Å². The maximum atomic E-state index is 12.3. The number of amides is 1. The van der Waals surface area contributed by atoms with Gasteiger partial charge in [-0.25, -0.2) is 17.9 Å². The van der Waals surface area contributed by atoms with Crippen molar-refractivity contribution >= 4 is 16.1 Å². The summed E-state index contributed by atoms with van der Waals surface area (Å²) in [5.74, 6) is 0.731. The number of hydrogen-bond donors (Lipinski definition) is 1. The lowest BCUT2D eigenvalue weighted by Gasteiger charge is -2.56. The summed E-state index contributed by atoms with van der Waals surface area (Å²) in [6, 6.07) is 7.24. The van der Waals surface area contributed by atoms with Gasteiger partial charge < -0.3 is 14.4 Å². The van der Waals surface area contributed by atoms with Crippen LogP contribution in [0.15, 0.2) is 35.2 Å². The average Bonchev–Trinajstić information content (AvgIpc) is 2.52. The van der Waals surface area contributed by atoms with Gasteiger partial charge in [0, 0.05) is 30.5 Å². The van der Waals surface area contributed by atoms with Crippen molar-refractivity contribution in [2.45, 2.75) is 45.8 Å². The fraction of sp³-hybridized carbons (Fsp3) is 0.550. The number of nitrogens with zero attached hydrogens (tertiary/aromatic N) is 1. The Hall–Kier alpha value is -2.06. The molecule has 1 spiro atoms. The number of carbonyl (C=O) groups is 1. The van der Waals surface area contributed by atoms with Crippen LogP contribution in [0.1, 0.15) is 39.2 Å². The van der Waals surface area contributed by atoms with E-state index in [0.29, 0.717) is 25.9 Å². The highest BCUT2D eigenvalue weighted by Crippen LogP contribution is 2.51. The monoisotopic (exact) mass is 408 g/mol. The van der Waals surface area contributed by atoms with Crippen molar-refractivity contribution in [3.05, 3.63) is 40.8 Å². The number of carbonyl (C=O) groups excluding carboxylic acids is 1. The van der Waals surface area contributed by atoms with Crippen LogP contribution >= 0.6 is 0 Å². The fourth-order valence-corrected chi connectivity index (χ4v) is 4.68. The molecule has 7 nitrogen and oxygen atoms in total. The zero-order valence-electron chi connectivity index (χ0n) is 16.8. The van der Waals surface area contributed by atoms with Crippen LogP contribution in [0.3, 0.4) is 0 Å². The lowest BCUT2D eigenvalue weighted by molar-refractivity contribution is -0.0502. The minimum absolute atomic E-state index is 0.0221. The second-order valence-corrected chi connectivity index (χ2v) is 10.3. The van der Waals surface area contributed by atoms with Gasteiger partial charge in [0.15, 0.2) is 0 Å². The molecule has 1 heterocycles. The van der Waals surface area contributed by atoms with E-state index >= 15 is 0 Å². The molecule has 1 aliphatic carbocycles. The van der Waals surface area contributed by atoms with E-state index in [4.69, 9.17) is 9.47 Å². The van der Waals surface area contributed by atoms with Gasteiger partial charge in [-0.05, 0) is 51.3 Å². The van der Waals surface area contributed by atoms with Crippen molar-refractivity contribution in [3.8, 4) is 5.75 Å². The fourth-order valence-electron chi connectivity index (χ4n) is 3.63. The minimum atomic E-state index is -3.49. The highest BCUT2D eigenvalue weighted by Gasteiger charge is 2.52. The first-order chi connectivity index (χ1) is 13.0. The lowest BCUT2D eigenvalue weighted by Crippen LogP contribution is -2.62. The molecular formula is C20H28N2O5S. The Morgan fingerprint density at radius 2 is 1.82 bits per heavy atom. The highest BCUT2D eigenvalue weighted by atomic mass is 32.2. The van der Waals surface area contributed by atoms with E-state index in [9.17, 15) is 13.2 Å². The van der Waals surface area contributed by atoms with Crippen molar-refractivity contribution in [3.63, 3.8) is 0 Å². The molecule has 154 valence electrons. The van der Waals surface area contributed by atoms with E-state index in [0.717, 1.165) is 16.9 Å². The Labute approximate surface area is 166 Å². The molecule has 1 amide bonds. The molecular weight excluding hydrogens is 380 g/mol.